The molecule has 0 amide bonds. The summed E-state index contributed by atoms with van der Waals surface area (Å²) in [5.74, 6) is 0.688. The first-order valence-corrected chi connectivity index (χ1v) is 8.76. The van der Waals surface area contributed by atoms with Crippen LogP contribution in [-0.4, -0.2) is 29.0 Å². The van der Waals surface area contributed by atoms with Gasteiger partial charge >= 0.3 is 5.76 Å². The zero-order valence-corrected chi connectivity index (χ0v) is 15.8. The number of benzene rings is 2. The lowest BCUT2D eigenvalue weighted by Crippen LogP contribution is -2.08. The summed E-state index contributed by atoms with van der Waals surface area (Å²) in [4.78, 5) is 24.9. The lowest BCUT2D eigenvalue weighted by molar-refractivity contribution is 0.555. The number of aromatic amines is 1. The van der Waals surface area contributed by atoms with Crippen LogP contribution < -0.4 is 21.3 Å². The van der Waals surface area contributed by atoms with Crippen molar-refractivity contribution in [2.24, 2.45) is 0 Å². The lowest BCUT2D eigenvalue weighted by Gasteiger charge is -2.14. The van der Waals surface area contributed by atoms with E-state index in [1.165, 1.54) is 0 Å². The zero-order valence-electron chi connectivity index (χ0n) is 15.8. The highest BCUT2D eigenvalue weighted by Crippen LogP contribution is 2.24. The summed E-state index contributed by atoms with van der Waals surface area (Å²) in [6.45, 7) is 1.93. The molecule has 2 aromatic carbocycles. The molecule has 0 aliphatic rings. The van der Waals surface area contributed by atoms with Gasteiger partial charge in [0.05, 0.1) is 5.52 Å². The smallest absolute Gasteiger partial charge is 0.408 e. The second kappa shape index (κ2) is 7.07. The van der Waals surface area contributed by atoms with E-state index in [0.717, 1.165) is 22.6 Å². The van der Waals surface area contributed by atoms with Crippen molar-refractivity contribution in [3.63, 3.8) is 0 Å². The van der Waals surface area contributed by atoms with Gasteiger partial charge < -0.3 is 20.0 Å². The van der Waals surface area contributed by atoms with Crippen molar-refractivity contribution in [3.05, 3.63) is 64.8 Å². The Labute approximate surface area is 161 Å². The van der Waals surface area contributed by atoms with Crippen molar-refractivity contribution in [1.29, 1.82) is 0 Å². The zero-order chi connectivity index (χ0) is 19.7. The Morgan fingerprint density at radius 3 is 2.54 bits per heavy atom. The molecule has 0 bridgehead atoms. The molecule has 0 saturated heterocycles. The Hall–Kier alpha value is -3.81. The van der Waals surface area contributed by atoms with E-state index in [1.807, 2.05) is 56.3 Å². The van der Waals surface area contributed by atoms with Crippen molar-refractivity contribution in [2.45, 2.75) is 6.92 Å². The number of hydrogen-bond donors (Lipinski definition) is 3. The minimum atomic E-state index is -0.475. The molecule has 0 aliphatic carbocycles. The van der Waals surface area contributed by atoms with Gasteiger partial charge in [-0.15, -0.1) is 0 Å². The normalized spacial score (nSPS) is 10.8. The first kappa shape index (κ1) is 17.6. The largest absolute Gasteiger partial charge is 0.417 e. The molecule has 0 unspecified atom stereocenters. The molecule has 3 N–H and O–H groups in total. The number of anilines is 5. The van der Waals surface area contributed by atoms with Crippen molar-refractivity contribution in [1.82, 2.24) is 15.0 Å². The Morgan fingerprint density at radius 1 is 1.04 bits per heavy atom. The van der Waals surface area contributed by atoms with Crippen LogP contribution in [0, 0.1) is 6.92 Å². The molecule has 0 fully saturated rings. The van der Waals surface area contributed by atoms with E-state index in [1.54, 1.807) is 18.3 Å². The Balaban J connectivity index is 1.56. The SMILES string of the molecule is Cc1cnc(Nc2ccc(N(C)C)cc2)nc1Nc1ccc2oc(=O)[nH]c2c1. The molecule has 28 heavy (non-hydrogen) atoms. The molecular weight excluding hydrogens is 356 g/mol. The van der Waals surface area contributed by atoms with Crippen molar-refractivity contribution < 1.29 is 4.42 Å². The number of fused-ring (bicyclic) bond motifs is 1. The fourth-order valence-electron chi connectivity index (χ4n) is 2.77. The Morgan fingerprint density at radius 2 is 1.79 bits per heavy atom. The van der Waals surface area contributed by atoms with Crippen LogP contribution in [0.3, 0.4) is 0 Å². The van der Waals surface area contributed by atoms with Gasteiger partial charge in [-0.2, -0.15) is 4.98 Å². The molecule has 0 spiro atoms. The van der Waals surface area contributed by atoms with Gasteiger partial charge in [0.15, 0.2) is 5.58 Å². The highest BCUT2D eigenvalue weighted by atomic mass is 16.4. The van der Waals surface area contributed by atoms with Gasteiger partial charge in [-0.1, -0.05) is 0 Å². The minimum Gasteiger partial charge on any atom is -0.408 e. The number of hydrogen-bond acceptors (Lipinski definition) is 7. The molecule has 4 aromatic rings. The number of aryl methyl sites for hydroxylation is 1. The van der Waals surface area contributed by atoms with Crippen LogP contribution in [0.2, 0.25) is 0 Å². The van der Waals surface area contributed by atoms with Crippen LogP contribution in [0.1, 0.15) is 5.56 Å². The summed E-state index contributed by atoms with van der Waals surface area (Å²) < 4.78 is 5.03. The minimum absolute atomic E-state index is 0.475. The summed E-state index contributed by atoms with van der Waals surface area (Å²) in [5, 5.41) is 6.48. The summed E-state index contributed by atoms with van der Waals surface area (Å²) in [5.41, 5.74) is 4.84. The molecule has 0 saturated carbocycles. The fourth-order valence-corrected chi connectivity index (χ4v) is 2.77. The van der Waals surface area contributed by atoms with Crippen LogP contribution in [0.15, 0.2) is 57.9 Å². The third-order valence-corrected chi connectivity index (χ3v) is 4.29. The molecule has 8 nitrogen and oxygen atoms in total. The summed E-state index contributed by atoms with van der Waals surface area (Å²) >= 11 is 0. The van der Waals surface area contributed by atoms with Crippen LogP contribution in [-0.2, 0) is 0 Å². The molecule has 8 heteroatoms. The highest BCUT2D eigenvalue weighted by Gasteiger charge is 2.07. The monoisotopic (exact) mass is 376 g/mol. The number of oxazole rings is 1. The predicted molar refractivity (Wildman–Crippen MR) is 111 cm³/mol. The third-order valence-electron chi connectivity index (χ3n) is 4.29. The van der Waals surface area contributed by atoms with Crippen molar-refractivity contribution in [2.75, 3.05) is 29.6 Å². The van der Waals surface area contributed by atoms with Gasteiger partial charge in [0.25, 0.3) is 0 Å². The maximum atomic E-state index is 11.3. The average Bonchev–Trinajstić information content (AvgIpc) is 3.04. The molecule has 4 rings (SSSR count). The predicted octanol–water partition coefficient (Wildman–Crippen LogP) is 3.77. The lowest BCUT2D eigenvalue weighted by atomic mass is 10.2. The number of aromatic nitrogens is 3. The Bertz CT molecular complexity index is 1180. The molecular formula is C20H20N6O2. The van der Waals surface area contributed by atoms with Crippen LogP contribution >= 0.6 is 0 Å². The van der Waals surface area contributed by atoms with Gasteiger partial charge in [0, 0.05) is 42.9 Å². The highest BCUT2D eigenvalue weighted by molar-refractivity contribution is 5.78. The second-order valence-corrected chi connectivity index (χ2v) is 6.64. The van der Waals surface area contributed by atoms with E-state index in [4.69, 9.17) is 4.42 Å². The van der Waals surface area contributed by atoms with Crippen LogP contribution in [0.5, 0.6) is 0 Å². The van der Waals surface area contributed by atoms with Crippen molar-refractivity contribution in [3.8, 4) is 0 Å². The molecule has 0 aliphatic heterocycles. The standard InChI is InChI=1S/C20H20N6O2/c1-12-11-21-19(23-13-4-7-15(8-5-13)26(2)3)25-18(12)22-14-6-9-17-16(10-14)24-20(27)28-17/h4-11H,1-3H3,(H,24,27)(H2,21,22,23,25). The quantitative estimate of drug-likeness (QED) is 0.487. The molecule has 2 heterocycles. The summed E-state index contributed by atoms with van der Waals surface area (Å²) in [6, 6.07) is 13.4. The van der Waals surface area contributed by atoms with Crippen molar-refractivity contribution >= 4 is 39.9 Å². The van der Waals surface area contributed by atoms with E-state index < -0.39 is 5.76 Å². The van der Waals surface area contributed by atoms with Crippen LogP contribution in [0.4, 0.5) is 28.8 Å². The second-order valence-electron chi connectivity index (χ2n) is 6.64. The fraction of sp³-hybridized carbons (Fsp3) is 0.150. The van der Waals surface area contributed by atoms with E-state index in [9.17, 15) is 4.79 Å². The molecule has 142 valence electrons. The topological polar surface area (TPSA) is 99.1 Å². The van der Waals surface area contributed by atoms with Gasteiger partial charge in [-0.25, -0.2) is 9.78 Å². The molecule has 2 aromatic heterocycles. The third kappa shape index (κ3) is 3.66. The number of rotatable bonds is 5. The van der Waals surface area contributed by atoms with Crippen LogP contribution in [0.25, 0.3) is 11.1 Å². The van der Waals surface area contributed by atoms with Gasteiger partial charge in [0.2, 0.25) is 5.95 Å². The number of H-pyrrole nitrogens is 1. The summed E-state index contributed by atoms with van der Waals surface area (Å²) in [6.07, 6.45) is 1.75. The first-order chi connectivity index (χ1) is 13.5. The van der Waals surface area contributed by atoms with E-state index in [2.05, 4.69) is 25.6 Å². The summed E-state index contributed by atoms with van der Waals surface area (Å²) in [7, 11) is 4.00. The van der Waals surface area contributed by atoms with Gasteiger partial charge in [-0.3, -0.25) is 4.98 Å². The van der Waals surface area contributed by atoms with Gasteiger partial charge in [0.1, 0.15) is 5.82 Å². The number of nitrogens with one attached hydrogen (secondary N) is 3. The van der Waals surface area contributed by atoms with E-state index in [0.29, 0.717) is 22.9 Å². The maximum Gasteiger partial charge on any atom is 0.417 e. The number of nitrogens with zero attached hydrogens (tertiary/aromatic N) is 3. The molecule has 0 radical (unpaired) electrons. The van der Waals surface area contributed by atoms with Gasteiger partial charge in [-0.05, 0) is 49.4 Å². The first-order valence-electron chi connectivity index (χ1n) is 8.76. The van der Waals surface area contributed by atoms with E-state index in [-0.39, 0.29) is 0 Å². The van der Waals surface area contributed by atoms with E-state index >= 15 is 0 Å². The maximum absolute atomic E-state index is 11.3. The molecule has 0 atom stereocenters. The average molecular weight is 376 g/mol. The Kier molecular flexibility index (Phi) is 4.44.